The number of hydrogen-bond acceptors (Lipinski definition) is 12. The maximum atomic E-state index is 13.3. The Hall–Kier alpha value is -6.19. The first-order chi connectivity index (χ1) is 27.3. The number of nitrogens with zero attached hydrogens (tertiary/aromatic N) is 8. The Kier molecular flexibility index (Phi) is 8.29. The van der Waals surface area contributed by atoms with Gasteiger partial charge in [-0.3, -0.25) is 39.2 Å². The van der Waals surface area contributed by atoms with Crippen LogP contribution in [0.2, 0.25) is 0 Å². The summed E-state index contributed by atoms with van der Waals surface area (Å²) in [4.78, 5) is 67.8. The molecule has 5 aliphatic rings. The standard InChI is InChI=1S/C41H40N10O5/c42-37-35-36(24-6-9-30(10-7-24)56-29-4-2-1-3-5-29)46-51(38(35)44-23-43-37)25-14-16-47(17-15-25)27-19-49(20-27)28-21-48(22-28)26-8-11-31-32(18-26)41(55)50(40(31)54)33-12-13-34(52)45-39(33)53/h1-11,18,23,25,27-28,33H,12-17,19-22H2,(H2,42,43,44)(H,45,52,53). The first-order valence-corrected chi connectivity index (χ1v) is 19.2. The molecule has 5 aliphatic heterocycles. The average molecular weight is 753 g/mol. The number of benzene rings is 3. The molecule has 0 spiro atoms. The number of fused-ring (bicyclic) bond motifs is 2. The van der Waals surface area contributed by atoms with Crippen molar-refractivity contribution in [3.8, 4) is 22.8 Å². The molecule has 3 aromatic carbocycles. The van der Waals surface area contributed by atoms with Gasteiger partial charge in [0.05, 0.1) is 22.6 Å². The van der Waals surface area contributed by atoms with E-state index < -0.39 is 23.8 Å². The van der Waals surface area contributed by atoms with E-state index in [1.54, 1.807) is 12.1 Å². The van der Waals surface area contributed by atoms with E-state index in [4.69, 9.17) is 15.6 Å². The zero-order chi connectivity index (χ0) is 38.1. The molecule has 1 unspecified atom stereocenters. The molecule has 5 aromatic rings. The molecule has 3 N–H and O–H groups in total. The Bertz CT molecular complexity index is 2380. The number of amides is 4. The van der Waals surface area contributed by atoms with Crippen molar-refractivity contribution >= 4 is 46.2 Å². The second kappa shape index (κ2) is 13.5. The van der Waals surface area contributed by atoms with Crippen LogP contribution in [0.3, 0.4) is 0 Å². The van der Waals surface area contributed by atoms with Crippen LogP contribution in [0.15, 0.2) is 79.1 Å². The number of anilines is 2. The number of aromatic nitrogens is 4. The molecule has 0 bridgehead atoms. The summed E-state index contributed by atoms with van der Waals surface area (Å²) in [5.74, 6) is -0.0280. The predicted molar refractivity (Wildman–Crippen MR) is 206 cm³/mol. The van der Waals surface area contributed by atoms with Gasteiger partial charge in [0, 0.05) is 69.0 Å². The second-order valence-corrected chi connectivity index (χ2v) is 15.3. The minimum Gasteiger partial charge on any atom is -0.457 e. The first kappa shape index (κ1) is 34.3. The number of likely N-dealkylation sites (tertiary alicyclic amines) is 2. The van der Waals surface area contributed by atoms with Crippen LogP contribution >= 0.6 is 0 Å². The lowest BCUT2D eigenvalue weighted by Gasteiger charge is -2.55. The topological polar surface area (TPSA) is 172 Å². The van der Waals surface area contributed by atoms with E-state index in [2.05, 4.69) is 34.7 Å². The third kappa shape index (κ3) is 5.85. The molecule has 0 radical (unpaired) electrons. The Morgan fingerprint density at radius 3 is 2.20 bits per heavy atom. The summed E-state index contributed by atoms with van der Waals surface area (Å²) in [6.07, 6.45) is 3.66. The number of carbonyl (C=O) groups excluding carboxylic acids is 4. The molecular weight excluding hydrogens is 713 g/mol. The van der Waals surface area contributed by atoms with E-state index in [1.807, 2.05) is 60.7 Å². The predicted octanol–water partition coefficient (Wildman–Crippen LogP) is 3.48. The molecule has 284 valence electrons. The third-order valence-electron chi connectivity index (χ3n) is 12.0. The van der Waals surface area contributed by atoms with Crippen molar-refractivity contribution in [2.45, 2.75) is 49.9 Å². The maximum Gasteiger partial charge on any atom is 0.262 e. The monoisotopic (exact) mass is 752 g/mol. The molecule has 2 aromatic heterocycles. The van der Waals surface area contributed by atoms with Gasteiger partial charge >= 0.3 is 0 Å². The van der Waals surface area contributed by atoms with Gasteiger partial charge in [-0.1, -0.05) is 18.2 Å². The lowest BCUT2D eigenvalue weighted by Crippen LogP contribution is -2.70. The third-order valence-corrected chi connectivity index (χ3v) is 12.0. The quantitative estimate of drug-likeness (QED) is 0.222. The van der Waals surface area contributed by atoms with E-state index in [0.717, 1.165) is 96.5 Å². The van der Waals surface area contributed by atoms with Crippen molar-refractivity contribution in [1.29, 1.82) is 0 Å². The summed E-state index contributed by atoms with van der Waals surface area (Å²) in [6, 6.07) is 23.0. The fourth-order valence-corrected chi connectivity index (χ4v) is 8.82. The SMILES string of the molecule is Nc1ncnc2c1c(-c1ccc(Oc3ccccc3)cc1)nn2C1CCN(C2CN(C3CN(c4ccc5c(c4)C(=O)N(C4CCC(=O)NC4=O)C5=O)C3)C2)CC1. The number of rotatable bonds is 8. The van der Waals surface area contributed by atoms with E-state index in [0.29, 0.717) is 29.0 Å². The first-order valence-electron chi connectivity index (χ1n) is 19.2. The number of para-hydroxylation sites is 1. The summed E-state index contributed by atoms with van der Waals surface area (Å²) < 4.78 is 8.05. The van der Waals surface area contributed by atoms with Gasteiger partial charge in [0.15, 0.2) is 5.65 Å². The Morgan fingerprint density at radius 2 is 1.45 bits per heavy atom. The number of nitrogens with two attached hydrogens (primary N) is 1. The summed E-state index contributed by atoms with van der Waals surface area (Å²) in [6.45, 7) is 5.67. The van der Waals surface area contributed by atoms with Crippen molar-refractivity contribution in [2.75, 3.05) is 49.9 Å². The fourth-order valence-electron chi connectivity index (χ4n) is 8.82. The highest BCUT2D eigenvalue weighted by Crippen LogP contribution is 2.37. The molecular formula is C41H40N10O5. The number of piperidine rings is 2. The highest BCUT2D eigenvalue weighted by Gasteiger charge is 2.46. The number of nitrogen functional groups attached to an aromatic ring is 1. The molecule has 4 saturated heterocycles. The molecule has 0 saturated carbocycles. The maximum absolute atomic E-state index is 13.3. The average Bonchev–Trinajstić information content (AvgIpc) is 3.68. The normalized spacial score (nSPS) is 21.3. The molecule has 7 heterocycles. The zero-order valence-corrected chi connectivity index (χ0v) is 30.6. The molecule has 10 rings (SSSR count). The van der Waals surface area contributed by atoms with Gasteiger partial charge in [-0.2, -0.15) is 5.10 Å². The van der Waals surface area contributed by atoms with E-state index in [-0.39, 0.29) is 24.8 Å². The Balaban J connectivity index is 0.739. The smallest absolute Gasteiger partial charge is 0.262 e. The minimum absolute atomic E-state index is 0.0958. The van der Waals surface area contributed by atoms with Crippen LogP contribution in [-0.4, -0.2) is 115 Å². The number of imide groups is 2. The van der Waals surface area contributed by atoms with Crippen molar-refractivity contribution in [1.82, 2.24) is 39.8 Å². The molecule has 4 fully saturated rings. The van der Waals surface area contributed by atoms with Crippen molar-refractivity contribution < 1.29 is 23.9 Å². The highest BCUT2D eigenvalue weighted by atomic mass is 16.5. The van der Waals surface area contributed by atoms with Crippen LogP contribution in [0.4, 0.5) is 11.5 Å². The van der Waals surface area contributed by atoms with E-state index in [9.17, 15) is 19.2 Å². The van der Waals surface area contributed by atoms with Crippen LogP contribution in [0.25, 0.3) is 22.3 Å². The van der Waals surface area contributed by atoms with E-state index in [1.165, 1.54) is 6.33 Å². The number of nitrogens with one attached hydrogen (secondary N) is 1. The van der Waals surface area contributed by atoms with Crippen molar-refractivity contribution in [3.63, 3.8) is 0 Å². The van der Waals surface area contributed by atoms with Gasteiger partial charge in [-0.15, -0.1) is 0 Å². The summed E-state index contributed by atoms with van der Waals surface area (Å²) in [7, 11) is 0. The van der Waals surface area contributed by atoms with Gasteiger partial charge in [0.25, 0.3) is 11.8 Å². The summed E-state index contributed by atoms with van der Waals surface area (Å²) in [5.41, 5.74) is 10.4. The van der Waals surface area contributed by atoms with Crippen LogP contribution in [0.5, 0.6) is 11.5 Å². The zero-order valence-electron chi connectivity index (χ0n) is 30.6. The lowest BCUT2D eigenvalue weighted by molar-refractivity contribution is -0.136. The van der Waals surface area contributed by atoms with Gasteiger partial charge < -0.3 is 15.4 Å². The number of ether oxygens (including phenoxy) is 1. The Morgan fingerprint density at radius 1 is 0.732 bits per heavy atom. The fraction of sp³-hybridized carbons (Fsp3) is 0.341. The molecule has 1 atom stereocenters. The second-order valence-electron chi connectivity index (χ2n) is 15.3. The molecule has 56 heavy (non-hydrogen) atoms. The highest BCUT2D eigenvalue weighted by molar-refractivity contribution is 6.23. The van der Waals surface area contributed by atoms with E-state index >= 15 is 0 Å². The van der Waals surface area contributed by atoms with Crippen LogP contribution < -0.4 is 20.7 Å². The molecule has 0 aliphatic carbocycles. The number of hydrogen-bond donors (Lipinski definition) is 2. The minimum atomic E-state index is -0.968. The van der Waals surface area contributed by atoms with Crippen molar-refractivity contribution in [2.24, 2.45) is 0 Å². The Labute approximate surface area is 322 Å². The molecule has 15 heteroatoms. The van der Waals surface area contributed by atoms with Gasteiger partial charge in [0.1, 0.15) is 35.4 Å². The summed E-state index contributed by atoms with van der Waals surface area (Å²) >= 11 is 0. The van der Waals surface area contributed by atoms with Crippen LogP contribution in [0, 0.1) is 0 Å². The van der Waals surface area contributed by atoms with Crippen LogP contribution in [-0.2, 0) is 9.59 Å². The number of carbonyl (C=O) groups is 4. The molecule has 15 nitrogen and oxygen atoms in total. The summed E-state index contributed by atoms with van der Waals surface area (Å²) in [5, 5.41) is 8.12. The van der Waals surface area contributed by atoms with Crippen LogP contribution in [0.1, 0.15) is 52.4 Å². The molecule has 4 amide bonds. The van der Waals surface area contributed by atoms with Gasteiger partial charge in [-0.05, 0) is 73.9 Å². The lowest BCUT2D eigenvalue weighted by atomic mass is 9.95. The van der Waals surface area contributed by atoms with Crippen molar-refractivity contribution in [3.05, 3.63) is 90.3 Å². The van der Waals surface area contributed by atoms with Gasteiger partial charge in [-0.25, -0.2) is 14.6 Å². The largest absolute Gasteiger partial charge is 0.457 e. The van der Waals surface area contributed by atoms with Gasteiger partial charge in [0.2, 0.25) is 11.8 Å².